The molecule has 4 nitrogen and oxygen atoms in total. The van der Waals surface area contributed by atoms with Gasteiger partial charge < -0.3 is 0 Å². The van der Waals surface area contributed by atoms with Gasteiger partial charge in [0.1, 0.15) is 0 Å². The molecule has 1 fully saturated rings. The average molecular weight is 483 g/mol. The number of anilines is 1. The predicted molar refractivity (Wildman–Crippen MR) is 145 cm³/mol. The summed E-state index contributed by atoms with van der Waals surface area (Å²) >= 11 is 0. The highest BCUT2D eigenvalue weighted by atomic mass is 16.2. The van der Waals surface area contributed by atoms with Gasteiger partial charge in [0.2, 0.25) is 11.8 Å². The number of carbonyl (C=O) groups excluding carboxylic acids is 2. The van der Waals surface area contributed by atoms with Crippen molar-refractivity contribution in [2.24, 2.45) is 16.8 Å². The molecule has 4 aromatic carbocycles. The average Bonchev–Trinajstić information content (AvgIpc) is 3.19. The van der Waals surface area contributed by atoms with Gasteiger partial charge in [0.25, 0.3) is 0 Å². The Morgan fingerprint density at radius 2 is 1.38 bits per heavy atom. The number of hydrogen-bond acceptors (Lipinski definition) is 3. The summed E-state index contributed by atoms with van der Waals surface area (Å²) in [6.45, 7) is 3.99. The van der Waals surface area contributed by atoms with Crippen molar-refractivity contribution in [1.82, 2.24) is 0 Å². The Labute approximate surface area is 216 Å². The number of hydrogen-bond donors (Lipinski definition) is 0. The van der Waals surface area contributed by atoms with E-state index in [1.165, 1.54) is 4.90 Å². The van der Waals surface area contributed by atoms with E-state index in [-0.39, 0.29) is 17.7 Å². The zero-order valence-corrected chi connectivity index (χ0v) is 20.8. The summed E-state index contributed by atoms with van der Waals surface area (Å²) in [5.74, 6) is -1.48. The van der Waals surface area contributed by atoms with Crippen molar-refractivity contribution in [3.63, 3.8) is 0 Å². The van der Waals surface area contributed by atoms with Crippen molar-refractivity contribution >= 4 is 29.4 Å². The molecule has 0 radical (unpaired) electrons. The fourth-order valence-electron chi connectivity index (χ4n) is 7.03. The second-order valence-corrected chi connectivity index (χ2v) is 10.4. The number of rotatable bonds is 3. The largest absolute Gasteiger partial charge is 0.274 e. The number of aryl methyl sites for hydroxylation is 2. The Hall–Kier alpha value is -4.31. The topological polar surface area (TPSA) is 49.7 Å². The van der Waals surface area contributed by atoms with Crippen LogP contribution in [0.1, 0.15) is 39.3 Å². The maximum Gasteiger partial charge on any atom is 0.239 e. The van der Waals surface area contributed by atoms with E-state index < -0.39 is 17.3 Å². The van der Waals surface area contributed by atoms with Crippen LogP contribution in [-0.2, 0) is 15.0 Å². The minimum atomic E-state index is -0.845. The lowest BCUT2D eigenvalue weighted by molar-refractivity contribution is -0.122. The fraction of sp³-hybridized carbons (Fsp3) is 0.182. The summed E-state index contributed by atoms with van der Waals surface area (Å²) in [5, 5.41) is 0. The molecule has 4 aliphatic rings. The van der Waals surface area contributed by atoms with E-state index >= 15 is 0 Å². The third-order valence-electron chi connectivity index (χ3n) is 8.45. The van der Waals surface area contributed by atoms with Crippen LogP contribution in [-0.4, -0.2) is 18.0 Å². The summed E-state index contributed by atoms with van der Waals surface area (Å²) in [6, 6.07) is 32.3. The first-order valence-corrected chi connectivity index (χ1v) is 12.8. The number of para-hydroxylation sites is 1. The molecule has 1 saturated heterocycles. The molecule has 2 bridgehead atoms. The van der Waals surface area contributed by atoms with E-state index in [4.69, 9.17) is 4.99 Å². The number of nitrogens with zero attached hydrogens (tertiary/aromatic N) is 2. The maximum atomic E-state index is 14.5. The van der Waals surface area contributed by atoms with Crippen LogP contribution in [0.3, 0.4) is 0 Å². The SMILES string of the molecule is Cc1ccc(N2C(=O)[C@@H]3C4c5ccccc5C(C=Nc5ccccc5)(c5ccccc54)[C@H]3C2=O)c(C)c1. The van der Waals surface area contributed by atoms with Gasteiger partial charge in [-0.15, -0.1) is 0 Å². The summed E-state index contributed by atoms with van der Waals surface area (Å²) < 4.78 is 0. The van der Waals surface area contributed by atoms with Gasteiger partial charge in [0.05, 0.1) is 28.6 Å². The molecule has 0 saturated carbocycles. The third kappa shape index (κ3) is 2.87. The number of aliphatic imine (C=N–C) groups is 1. The number of imide groups is 1. The monoisotopic (exact) mass is 482 g/mol. The first kappa shape index (κ1) is 21.9. The molecule has 180 valence electrons. The van der Waals surface area contributed by atoms with Gasteiger partial charge in [0.15, 0.2) is 0 Å². The molecule has 0 unspecified atom stereocenters. The van der Waals surface area contributed by atoms with E-state index in [0.29, 0.717) is 5.69 Å². The summed E-state index contributed by atoms with van der Waals surface area (Å²) in [4.78, 5) is 35.1. The highest BCUT2D eigenvalue weighted by Crippen LogP contribution is 2.63. The fourth-order valence-corrected chi connectivity index (χ4v) is 7.03. The lowest BCUT2D eigenvalue weighted by Gasteiger charge is -2.52. The highest BCUT2D eigenvalue weighted by Gasteiger charge is 2.68. The predicted octanol–water partition coefficient (Wildman–Crippen LogP) is 6.26. The van der Waals surface area contributed by atoms with Gasteiger partial charge >= 0.3 is 0 Å². The number of benzene rings is 4. The van der Waals surface area contributed by atoms with E-state index in [1.807, 2.05) is 92.9 Å². The van der Waals surface area contributed by atoms with Crippen LogP contribution in [0.15, 0.2) is 102 Å². The number of amides is 2. The van der Waals surface area contributed by atoms with E-state index in [9.17, 15) is 9.59 Å². The van der Waals surface area contributed by atoms with Crippen LogP contribution in [0.5, 0.6) is 0 Å². The van der Waals surface area contributed by atoms with Crippen molar-refractivity contribution in [3.05, 3.63) is 130 Å². The van der Waals surface area contributed by atoms with Crippen molar-refractivity contribution < 1.29 is 9.59 Å². The highest BCUT2D eigenvalue weighted by molar-refractivity contribution is 6.25. The molecule has 2 atom stereocenters. The van der Waals surface area contributed by atoms with Crippen LogP contribution in [0, 0.1) is 25.7 Å². The molecule has 4 heteroatoms. The molecule has 2 amide bonds. The molecular weight excluding hydrogens is 456 g/mol. The quantitative estimate of drug-likeness (QED) is 0.256. The van der Waals surface area contributed by atoms with Gasteiger partial charge in [-0.3, -0.25) is 14.6 Å². The molecule has 37 heavy (non-hydrogen) atoms. The molecule has 1 aliphatic heterocycles. The Morgan fingerprint density at radius 1 is 0.757 bits per heavy atom. The van der Waals surface area contributed by atoms with Crippen molar-refractivity contribution in [3.8, 4) is 0 Å². The van der Waals surface area contributed by atoms with E-state index in [1.54, 1.807) is 0 Å². The van der Waals surface area contributed by atoms with Crippen molar-refractivity contribution in [2.75, 3.05) is 4.90 Å². The van der Waals surface area contributed by atoms with Gasteiger partial charge in [0, 0.05) is 12.1 Å². The maximum absolute atomic E-state index is 14.5. The summed E-state index contributed by atoms with van der Waals surface area (Å²) in [6.07, 6.45) is 1.95. The molecule has 4 aromatic rings. The smallest absolute Gasteiger partial charge is 0.239 e. The van der Waals surface area contributed by atoms with Crippen molar-refractivity contribution in [1.29, 1.82) is 0 Å². The minimum Gasteiger partial charge on any atom is -0.274 e. The first-order chi connectivity index (χ1) is 18.0. The van der Waals surface area contributed by atoms with Crippen LogP contribution in [0.4, 0.5) is 11.4 Å². The van der Waals surface area contributed by atoms with Gasteiger partial charge in [-0.2, -0.15) is 0 Å². The molecule has 3 aliphatic carbocycles. The zero-order chi connectivity index (χ0) is 25.3. The van der Waals surface area contributed by atoms with Crippen molar-refractivity contribution in [2.45, 2.75) is 25.2 Å². The van der Waals surface area contributed by atoms with Gasteiger partial charge in [-0.1, -0.05) is 84.4 Å². The lowest BCUT2D eigenvalue weighted by Crippen LogP contribution is -2.54. The summed E-state index contributed by atoms with van der Waals surface area (Å²) in [5.41, 5.74) is 7.06. The summed E-state index contributed by atoms with van der Waals surface area (Å²) in [7, 11) is 0. The minimum absolute atomic E-state index is 0.117. The van der Waals surface area contributed by atoms with E-state index in [2.05, 4.69) is 24.3 Å². The molecular formula is C33H26N2O2. The van der Waals surface area contributed by atoms with Gasteiger partial charge in [-0.05, 0) is 59.9 Å². The molecule has 0 spiro atoms. The Balaban J connectivity index is 1.51. The van der Waals surface area contributed by atoms with E-state index in [0.717, 1.165) is 39.1 Å². The Morgan fingerprint density at radius 3 is 2.03 bits per heavy atom. The lowest BCUT2D eigenvalue weighted by atomic mass is 9.47. The molecule has 8 rings (SSSR count). The van der Waals surface area contributed by atoms with Crippen LogP contribution < -0.4 is 4.90 Å². The molecule has 0 aromatic heterocycles. The Kier molecular flexibility index (Phi) is 4.65. The third-order valence-corrected chi connectivity index (χ3v) is 8.45. The molecule has 0 N–H and O–H groups in total. The normalized spacial score (nSPS) is 25.4. The second-order valence-electron chi connectivity index (χ2n) is 10.4. The number of carbonyl (C=O) groups is 2. The molecule has 1 heterocycles. The standard InChI is InChI=1S/C33H26N2O2/c1-20-16-17-27(21(2)18-20)35-31(36)29-28-23-12-6-8-14-25(23)33(30(29)32(35)37,26-15-9-7-13-24(26)28)19-34-22-10-4-3-5-11-22/h3-19,28-30H,1-2H3/t28?,29-,30-,33?/m1/s1. The zero-order valence-electron chi connectivity index (χ0n) is 20.8. The van der Waals surface area contributed by atoms with Crippen LogP contribution in [0.2, 0.25) is 0 Å². The second kappa shape index (κ2) is 7.84. The van der Waals surface area contributed by atoms with Crippen LogP contribution in [0.25, 0.3) is 0 Å². The van der Waals surface area contributed by atoms with Gasteiger partial charge in [-0.25, -0.2) is 4.90 Å². The van der Waals surface area contributed by atoms with Crippen LogP contribution >= 0.6 is 0 Å². The first-order valence-electron chi connectivity index (χ1n) is 12.8. The Bertz CT molecular complexity index is 1570.